The lowest BCUT2D eigenvalue weighted by atomic mass is 9.96. The van der Waals surface area contributed by atoms with Crippen molar-refractivity contribution in [1.82, 2.24) is 0 Å². The molecule has 0 saturated carbocycles. The number of benzene rings is 1. The number of hydrogen-bond donors (Lipinski definition) is 0. The summed E-state index contributed by atoms with van der Waals surface area (Å²) in [4.78, 5) is 11.5. The summed E-state index contributed by atoms with van der Waals surface area (Å²) in [7, 11) is 1.40. The Hall–Kier alpha value is -1.75. The van der Waals surface area contributed by atoms with Gasteiger partial charge in [-0.2, -0.15) is 0 Å². The van der Waals surface area contributed by atoms with E-state index in [4.69, 9.17) is 4.74 Å². The van der Waals surface area contributed by atoms with Crippen molar-refractivity contribution in [2.45, 2.75) is 19.3 Å². The van der Waals surface area contributed by atoms with Crippen molar-refractivity contribution in [3.05, 3.63) is 35.9 Å². The first kappa shape index (κ1) is 11.3. The number of esters is 1. The van der Waals surface area contributed by atoms with E-state index >= 15 is 0 Å². The van der Waals surface area contributed by atoms with Crippen molar-refractivity contribution in [3.63, 3.8) is 0 Å². The molecule has 1 atom stereocenters. The second-order valence-corrected chi connectivity index (χ2v) is 3.12. The predicted octanol–water partition coefficient (Wildman–Crippen LogP) is 2.36. The van der Waals surface area contributed by atoms with Crippen LogP contribution >= 0.6 is 0 Å². The minimum atomic E-state index is -0.274. The molecule has 78 valence electrons. The van der Waals surface area contributed by atoms with Gasteiger partial charge in [0.15, 0.2) is 0 Å². The lowest BCUT2D eigenvalue weighted by Gasteiger charge is -2.11. The monoisotopic (exact) mass is 202 g/mol. The summed E-state index contributed by atoms with van der Waals surface area (Å²) in [5.74, 6) is 5.19. The van der Waals surface area contributed by atoms with Crippen LogP contribution in [-0.4, -0.2) is 13.1 Å². The Morgan fingerprint density at radius 2 is 2.07 bits per heavy atom. The number of hydrogen-bond acceptors (Lipinski definition) is 2. The number of methoxy groups -OCH3 is 1. The standard InChI is InChI=1S/C13H14O2/c1-3-4-10-12(13(14)15-2)11-8-6-5-7-9-11/h5-9,12H,10H2,1-2H3. The molecule has 0 aliphatic heterocycles. The van der Waals surface area contributed by atoms with Crippen LogP contribution in [0.25, 0.3) is 0 Å². The summed E-state index contributed by atoms with van der Waals surface area (Å²) in [6.07, 6.45) is 0.507. The van der Waals surface area contributed by atoms with Crippen LogP contribution in [0.2, 0.25) is 0 Å². The maximum absolute atomic E-state index is 11.5. The molecule has 0 N–H and O–H groups in total. The van der Waals surface area contributed by atoms with Crippen molar-refractivity contribution in [1.29, 1.82) is 0 Å². The average Bonchev–Trinajstić information content (AvgIpc) is 2.30. The number of carbonyl (C=O) groups excluding carboxylic acids is 1. The fourth-order valence-electron chi connectivity index (χ4n) is 1.37. The van der Waals surface area contributed by atoms with Gasteiger partial charge in [0.05, 0.1) is 13.0 Å². The molecule has 2 nitrogen and oxygen atoms in total. The lowest BCUT2D eigenvalue weighted by Crippen LogP contribution is -2.13. The molecule has 15 heavy (non-hydrogen) atoms. The van der Waals surface area contributed by atoms with Crippen molar-refractivity contribution in [2.24, 2.45) is 0 Å². The molecule has 0 spiro atoms. The van der Waals surface area contributed by atoms with Gasteiger partial charge in [0.1, 0.15) is 0 Å². The SMILES string of the molecule is CC#CCC(C(=O)OC)c1ccccc1. The van der Waals surface area contributed by atoms with Gasteiger partial charge < -0.3 is 4.74 Å². The molecule has 0 radical (unpaired) electrons. The molecule has 1 unspecified atom stereocenters. The highest BCUT2D eigenvalue weighted by molar-refractivity contribution is 5.78. The fraction of sp³-hybridized carbons (Fsp3) is 0.308. The minimum Gasteiger partial charge on any atom is -0.469 e. The molecule has 2 heteroatoms. The lowest BCUT2D eigenvalue weighted by molar-refractivity contribution is -0.142. The summed E-state index contributed by atoms with van der Waals surface area (Å²) in [6.45, 7) is 1.76. The van der Waals surface area contributed by atoms with E-state index in [1.54, 1.807) is 6.92 Å². The van der Waals surface area contributed by atoms with E-state index in [1.807, 2.05) is 30.3 Å². The second-order valence-electron chi connectivity index (χ2n) is 3.12. The highest BCUT2D eigenvalue weighted by Gasteiger charge is 2.19. The number of rotatable bonds is 3. The third-order valence-electron chi connectivity index (χ3n) is 2.17. The van der Waals surface area contributed by atoms with Gasteiger partial charge in [0, 0.05) is 6.42 Å². The van der Waals surface area contributed by atoms with E-state index in [0.29, 0.717) is 6.42 Å². The molecule has 0 aliphatic rings. The van der Waals surface area contributed by atoms with Crippen LogP contribution in [-0.2, 0) is 9.53 Å². The zero-order chi connectivity index (χ0) is 11.1. The fourth-order valence-corrected chi connectivity index (χ4v) is 1.37. The molecule has 0 amide bonds. The van der Waals surface area contributed by atoms with Gasteiger partial charge in [0.25, 0.3) is 0 Å². The second kappa shape index (κ2) is 5.87. The van der Waals surface area contributed by atoms with Crippen LogP contribution < -0.4 is 0 Å². The highest BCUT2D eigenvalue weighted by Crippen LogP contribution is 2.20. The molecule has 0 fully saturated rings. The minimum absolute atomic E-state index is 0.232. The molecule has 0 saturated heterocycles. The quantitative estimate of drug-likeness (QED) is 0.555. The van der Waals surface area contributed by atoms with Gasteiger partial charge in [-0.3, -0.25) is 4.79 Å². The molecule has 0 aliphatic carbocycles. The van der Waals surface area contributed by atoms with Crippen LogP contribution in [0.3, 0.4) is 0 Å². The molecular formula is C13H14O2. The average molecular weight is 202 g/mol. The first-order chi connectivity index (χ1) is 7.29. The van der Waals surface area contributed by atoms with Gasteiger partial charge in [0.2, 0.25) is 0 Å². The van der Waals surface area contributed by atoms with Gasteiger partial charge in [-0.25, -0.2) is 0 Å². The molecule has 0 bridgehead atoms. The van der Waals surface area contributed by atoms with Gasteiger partial charge in [-0.15, -0.1) is 11.8 Å². The molecule has 0 heterocycles. The molecular weight excluding hydrogens is 188 g/mol. The normalized spacial score (nSPS) is 11.1. The van der Waals surface area contributed by atoms with Gasteiger partial charge >= 0.3 is 5.97 Å². The van der Waals surface area contributed by atoms with Crippen LogP contribution in [0, 0.1) is 11.8 Å². The van der Waals surface area contributed by atoms with E-state index in [9.17, 15) is 4.79 Å². The largest absolute Gasteiger partial charge is 0.469 e. The summed E-state index contributed by atoms with van der Waals surface area (Å²) in [5, 5.41) is 0. The Balaban J connectivity index is 2.89. The summed E-state index contributed by atoms with van der Waals surface area (Å²) in [5.41, 5.74) is 0.951. The predicted molar refractivity (Wildman–Crippen MR) is 59.3 cm³/mol. The van der Waals surface area contributed by atoms with Crippen LogP contribution in [0.15, 0.2) is 30.3 Å². The van der Waals surface area contributed by atoms with E-state index in [1.165, 1.54) is 7.11 Å². The number of carbonyl (C=O) groups is 1. The molecule has 1 aromatic carbocycles. The first-order valence-corrected chi connectivity index (χ1v) is 4.82. The number of ether oxygens (including phenoxy) is 1. The zero-order valence-electron chi connectivity index (χ0n) is 8.99. The Labute approximate surface area is 90.3 Å². The molecule has 1 aromatic rings. The Morgan fingerprint density at radius 1 is 1.40 bits per heavy atom. The van der Waals surface area contributed by atoms with E-state index < -0.39 is 0 Å². The summed E-state index contributed by atoms with van der Waals surface area (Å²) in [6, 6.07) is 9.57. The van der Waals surface area contributed by atoms with E-state index in [2.05, 4.69) is 11.8 Å². The Kier molecular flexibility index (Phi) is 4.43. The van der Waals surface area contributed by atoms with Gasteiger partial charge in [-0.1, -0.05) is 30.3 Å². The molecule has 1 rings (SSSR count). The zero-order valence-corrected chi connectivity index (χ0v) is 8.99. The van der Waals surface area contributed by atoms with Crippen molar-refractivity contribution in [2.75, 3.05) is 7.11 Å². The maximum Gasteiger partial charge on any atom is 0.314 e. The molecule has 0 aromatic heterocycles. The first-order valence-electron chi connectivity index (χ1n) is 4.82. The van der Waals surface area contributed by atoms with Crippen molar-refractivity contribution in [3.8, 4) is 11.8 Å². The van der Waals surface area contributed by atoms with Crippen molar-refractivity contribution >= 4 is 5.97 Å². The third kappa shape index (κ3) is 3.14. The Morgan fingerprint density at radius 3 is 2.60 bits per heavy atom. The van der Waals surface area contributed by atoms with Gasteiger partial charge in [-0.05, 0) is 12.5 Å². The smallest absolute Gasteiger partial charge is 0.314 e. The van der Waals surface area contributed by atoms with Crippen LogP contribution in [0.5, 0.6) is 0 Å². The highest BCUT2D eigenvalue weighted by atomic mass is 16.5. The van der Waals surface area contributed by atoms with E-state index in [-0.39, 0.29) is 11.9 Å². The summed E-state index contributed by atoms with van der Waals surface area (Å²) >= 11 is 0. The van der Waals surface area contributed by atoms with Crippen LogP contribution in [0.1, 0.15) is 24.8 Å². The third-order valence-corrected chi connectivity index (χ3v) is 2.17. The van der Waals surface area contributed by atoms with E-state index in [0.717, 1.165) is 5.56 Å². The van der Waals surface area contributed by atoms with Crippen molar-refractivity contribution < 1.29 is 9.53 Å². The van der Waals surface area contributed by atoms with Crippen LogP contribution in [0.4, 0.5) is 0 Å². The Bertz CT molecular complexity index is 371. The summed E-state index contributed by atoms with van der Waals surface area (Å²) < 4.78 is 4.76. The maximum atomic E-state index is 11.5. The topological polar surface area (TPSA) is 26.3 Å².